The summed E-state index contributed by atoms with van der Waals surface area (Å²) in [4.78, 5) is 24.4. The van der Waals surface area contributed by atoms with Gasteiger partial charge in [0.1, 0.15) is 0 Å². The molecule has 5 heteroatoms. The lowest BCUT2D eigenvalue weighted by molar-refractivity contribution is -0.131. The van der Waals surface area contributed by atoms with Crippen molar-refractivity contribution in [1.29, 1.82) is 0 Å². The number of carbonyl (C=O) groups is 2. The van der Waals surface area contributed by atoms with Crippen LogP contribution in [0.5, 0.6) is 0 Å². The molecule has 92 valence electrons. The van der Waals surface area contributed by atoms with Gasteiger partial charge in [0, 0.05) is 25.1 Å². The van der Waals surface area contributed by atoms with Crippen molar-refractivity contribution >= 4 is 11.9 Å². The molecule has 1 aromatic heterocycles. The van der Waals surface area contributed by atoms with Crippen LogP contribution in [-0.4, -0.2) is 28.4 Å². The molecule has 1 N–H and O–H groups in total. The van der Waals surface area contributed by atoms with E-state index < -0.39 is 5.97 Å². The van der Waals surface area contributed by atoms with E-state index in [1.165, 1.54) is 6.26 Å². The number of rotatable bonds is 3. The van der Waals surface area contributed by atoms with Crippen molar-refractivity contribution in [1.82, 2.24) is 4.90 Å². The lowest BCUT2D eigenvalue weighted by Crippen LogP contribution is -2.30. The van der Waals surface area contributed by atoms with Crippen LogP contribution in [0.3, 0.4) is 0 Å². The zero-order valence-corrected chi connectivity index (χ0v) is 9.52. The summed E-state index contributed by atoms with van der Waals surface area (Å²) in [5.41, 5.74) is 0.563. The van der Waals surface area contributed by atoms with Gasteiger partial charge in [-0.3, -0.25) is 4.79 Å². The smallest absolute Gasteiger partial charge is 0.372 e. The van der Waals surface area contributed by atoms with Crippen molar-refractivity contribution in [3.8, 4) is 0 Å². The Morgan fingerprint density at radius 2 is 2.24 bits per heavy atom. The molecule has 17 heavy (non-hydrogen) atoms. The molecule has 0 aliphatic carbocycles. The Hall–Kier alpha value is -1.78. The molecule has 1 aliphatic heterocycles. The fourth-order valence-corrected chi connectivity index (χ4v) is 2.06. The Labute approximate surface area is 99.0 Å². The molecule has 0 saturated carbocycles. The van der Waals surface area contributed by atoms with Crippen molar-refractivity contribution in [2.24, 2.45) is 0 Å². The van der Waals surface area contributed by atoms with Gasteiger partial charge in [-0.15, -0.1) is 0 Å². The van der Waals surface area contributed by atoms with Crippen LogP contribution in [0.15, 0.2) is 16.7 Å². The Morgan fingerprint density at radius 3 is 3.00 bits per heavy atom. The van der Waals surface area contributed by atoms with Crippen molar-refractivity contribution in [2.45, 2.75) is 32.2 Å². The topological polar surface area (TPSA) is 70.8 Å². The molecule has 5 nitrogen and oxygen atoms in total. The number of nitrogens with zero attached hydrogens (tertiary/aromatic N) is 1. The van der Waals surface area contributed by atoms with Gasteiger partial charge in [0.25, 0.3) is 0 Å². The molecule has 0 atom stereocenters. The summed E-state index contributed by atoms with van der Waals surface area (Å²) in [5, 5.41) is 8.91. The highest BCUT2D eigenvalue weighted by Crippen LogP contribution is 2.17. The van der Waals surface area contributed by atoms with Gasteiger partial charge >= 0.3 is 5.97 Å². The third-order valence-electron chi connectivity index (χ3n) is 2.97. The molecule has 0 bridgehead atoms. The number of amides is 1. The summed E-state index contributed by atoms with van der Waals surface area (Å²) in [6.45, 7) is 1.03. The fourth-order valence-electron chi connectivity index (χ4n) is 2.06. The molecule has 1 amide bonds. The summed E-state index contributed by atoms with van der Waals surface area (Å²) in [6, 6.07) is 1.61. The predicted octanol–water partition coefficient (Wildman–Crippen LogP) is 1.88. The fraction of sp³-hybridized carbons (Fsp3) is 0.500. The van der Waals surface area contributed by atoms with E-state index in [0.717, 1.165) is 19.3 Å². The van der Waals surface area contributed by atoms with Gasteiger partial charge in [-0.1, -0.05) is 6.42 Å². The highest BCUT2D eigenvalue weighted by molar-refractivity contribution is 5.86. The maximum atomic E-state index is 11.8. The van der Waals surface area contributed by atoms with Crippen LogP contribution >= 0.6 is 0 Å². The highest BCUT2D eigenvalue weighted by Gasteiger charge is 2.21. The first kappa shape index (κ1) is 11.7. The molecule has 0 unspecified atom stereocenters. The molecule has 0 aromatic carbocycles. The number of carbonyl (C=O) groups excluding carboxylic acids is 1. The van der Waals surface area contributed by atoms with Gasteiger partial charge in [-0.2, -0.15) is 0 Å². The molecule has 0 radical (unpaired) electrons. The van der Waals surface area contributed by atoms with Crippen LogP contribution in [0.25, 0.3) is 0 Å². The van der Waals surface area contributed by atoms with Gasteiger partial charge in [-0.25, -0.2) is 4.79 Å². The number of likely N-dealkylation sites (tertiary alicyclic amines) is 1. The summed E-state index contributed by atoms with van der Waals surface area (Å²) >= 11 is 0. The van der Waals surface area contributed by atoms with E-state index in [-0.39, 0.29) is 11.7 Å². The van der Waals surface area contributed by atoms with E-state index in [1.54, 1.807) is 11.0 Å². The van der Waals surface area contributed by atoms with E-state index >= 15 is 0 Å². The second kappa shape index (κ2) is 5.03. The van der Waals surface area contributed by atoms with E-state index in [4.69, 9.17) is 9.52 Å². The Kier molecular flexibility index (Phi) is 3.46. The molecular formula is C12H15NO4. The second-order valence-corrected chi connectivity index (χ2v) is 4.21. The Bertz CT molecular complexity index is 424. The van der Waals surface area contributed by atoms with Gasteiger partial charge in [0.15, 0.2) is 0 Å². The summed E-state index contributed by atoms with van der Waals surface area (Å²) in [6.07, 6.45) is 4.86. The number of carboxylic acid groups (broad SMARTS) is 1. The molecule has 0 spiro atoms. The molecule has 2 heterocycles. The van der Waals surface area contributed by atoms with Crippen LogP contribution in [0.2, 0.25) is 0 Å². The maximum absolute atomic E-state index is 11.8. The molecule has 2 rings (SSSR count). The lowest BCUT2D eigenvalue weighted by Gasteiger charge is -2.19. The highest BCUT2D eigenvalue weighted by atomic mass is 16.4. The minimum absolute atomic E-state index is 0.0675. The standard InChI is InChI=1S/C12H15NO4/c14-10-4-2-1-3-6-13(10)8-9-5-7-17-11(9)12(15)16/h5,7H,1-4,6,8H2,(H,15,16). The van der Waals surface area contributed by atoms with Gasteiger partial charge < -0.3 is 14.4 Å². The number of furan rings is 1. The normalized spacial score (nSPS) is 16.9. The van der Waals surface area contributed by atoms with E-state index in [0.29, 0.717) is 25.1 Å². The van der Waals surface area contributed by atoms with Crippen molar-refractivity contribution < 1.29 is 19.1 Å². The quantitative estimate of drug-likeness (QED) is 0.871. The third-order valence-corrected chi connectivity index (χ3v) is 2.97. The second-order valence-electron chi connectivity index (χ2n) is 4.21. The van der Waals surface area contributed by atoms with E-state index in [9.17, 15) is 9.59 Å². The summed E-state index contributed by atoms with van der Waals surface area (Å²) in [5.74, 6) is -1.06. The summed E-state index contributed by atoms with van der Waals surface area (Å²) < 4.78 is 4.90. The number of aromatic carboxylic acids is 1. The van der Waals surface area contributed by atoms with Gasteiger partial charge in [0.2, 0.25) is 11.7 Å². The van der Waals surface area contributed by atoms with Crippen molar-refractivity contribution in [2.75, 3.05) is 6.54 Å². The number of hydrogen-bond donors (Lipinski definition) is 1. The average Bonchev–Trinajstić information content (AvgIpc) is 2.66. The molecular weight excluding hydrogens is 222 g/mol. The van der Waals surface area contributed by atoms with Crippen LogP contribution in [0, 0.1) is 0 Å². The SMILES string of the molecule is O=C(O)c1occc1CN1CCCCCC1=O. The number of carboxylic acids is 1. The van der Waals surface area contributed by atoms with Crippen molar-refractivity contribution in [3.05, 3.63) is 23.7 Å². The largest absolute Gasteiger partial charge is 0.475 e. The zero-order valence-electron chi connectivity index (χ0n) is 9.52. The number of hydrogen-bond acceptors (Lipinski definition) is 3. The third kappa shape index (κ3) is 2.67. The summed E-state index contributed by atoms with van der Waals surface area (Å²) in [7, 11) is 0. The molecule has 1 saturated heterocycles. The maximum Gasteiger partial charge on any atom is 0.372 e. The minimum Gasteiger partial charge on any atom is -0.475 e. The van der Waals surface area contributed by atoms with Crippen LogP contribution in [0.4, 0.5) is 0 Å². The molecule has 1 aliphatic rings. The lowest BCUT2D eigenvalue weighted by atomic mass is 10.2. The average molecular weight is 237 g/mol. The Morgan fingerprint density at radius 1 is 1.41 bits per heavy atom. The first-order valence-electron chi connectivity index (χ1n) is 5.76. The first-order chi connectivity index (χ1) is 8.18. The van der Waals surface area contributed by atoms with Gasteiger partial charge in [0.05, 0.1) is 6.26 Å². The van der Waals surface area contributed by atoms with Crippen molar-refractivity contribution in [3.63, 3.8) is 0 Å². The Balaban J connectivity index is 2.11. The predicted molar refractivity (Wildman–Crippen MR) is 59.6 cm³/mol. The van der Waals surface area contributed by atoms with Crippen LogP contribution in [0.1, 0.15) is 41.8 Å². The first-order valence-corrected chi connectivity index (χ1v) is 5.76. The molecule has 1 fully saturated rings. The van der Waals surface area contributed by atoms with Gasteiger partial charge in [-0.05, 0) is 18.9 Å². The molecule has 1 aromatic rings. The van der Waals surface area contributed by atoms with E-state index in [2.05, 4.69) is 0 Å². The van der Waals surface area contributed by atoms with E-state index in [1.807, 2.05) is 0 Å². The van der Waals surface area contributed by atoms with Crippen LogP contribution < -0.4 is 0 Å². The zero-order chi connectivity index (χ0) is 12.3. The van der Waals surface area contributed by atoms with Crippen LogP contribution in [-0.2, 0) is 11.3 Å². The monoisotopic (exact) mass is 237 g/mol. The minimum atomic E-state index is -1.09.